The minimum absolute atomic E-state index is 0.0106. The normalized spacial score (nSPS) is 32.5. The van der Waals surface area contributed by atoms with Gasteiger partial charge < -0.3 is 0 Å². The zero-order chi connectivity index (χ0) is 12.8. The highest BCUT2D eigenvalue weighted by Crippen LogP contribution is 2.57. The predicted molar refractivity (Wildman–Crippen MR) is 67.6 cm³/mol. The summed E-state index contributed by atoms with van der Waals surface area (Å²) >= 11 is 0. The van der Waals surface area contributed by atoms with Crippen LogP contribution in [-0.2, 0) is 9.59 Å². The maximum atomic E-state index is 12.1. The van der Waals surface area contributed by atoms with Gasteiger partial charge in [-0.15, -0.1) is 0 Å². The zero-order valence-electron chi connectivity index (χ0n) is 11.1. The first kappa shape index (κ1) is 12.3. The van der Waals surface area contributed by atoms with Crippen LogP contribution in [0.2, 0.25) is 0 Å². The van der Waals surface area contributed by atoms with E-state index in [1.807, 2.05) is 0 Å². The van der Waals surface area contributed by atoms with Crippen molar-refractivity contribution in [3.05, 3.63) is 23.3 Å². The molecule has 0 N–H and O–H groups in total. The van der Waals surface area contributed by atoms with Gasteiger partial charge in [0.2, 0.25) is 0 Å². The van der Waals surface area contributed by atoms with Crippen LogP contribution < -0.4 is 0 Å². The summed E-state index contributed by atoms with van der Waals surface area (Å²) in [4.78, 5) is 23.9. The molecule has 2 heteroatoms. The van der Waals surface area contributed by atoms with Crippen LogP contribution in [0.25, 0.3) is 0 Å². The minimum atomic E-state index is -0.156. The Bertz CT molecular complexity index is 452. The second-order valence-electron chi connectivity index (χ2n) is 6.18. The van der Waals surface area contributed by atoms with Crippen LogP contribution in [0, 0.1) is 10.8 Å². The molecule has 2 rings (SSSR count). The Kier molecular flexibility index (Phi) is 2.64. The molecule has 92 valence electrons. The van der Waals surface area contributed by atoms with E-state index < -0.39 is 0 Å². The number of carbonyl (C=O) groups excluding carboxylic acids is 2. The number of rotatable bonds is 1. The van der Waals surface area contributed by atoms with E-state index in [1.165, 1.54) is 6.08 Å². The van der Waals surface area contributed by atoms with E-state index in [1.54, 1.807) is 13.0 Å². The molecule has 2 aliphatic rings. The summed E-state index contributed by atoms with van der Waals surface area (Å²) in [5, 5.41) is 0. The lowest BCUT2D eigenvalue weighted by atomic mass is 9.63. The Balaban J connectivity index is 2.45. The van der Waals surface area contributed by atoms with Crippen molar-refractivity contribution in [1.29, 1.82) is 0 Å². The molecule has 1 saturated carbocycles. The lowest BCUT2D eigenvalue weighted by Crippen LogP contribution is -2.36. The predicted octanol–water partition coefficient (Wildman–Crippen LogP) is 3.23. The number of hydrogen-bond donors (Lipinski definition) is 0. The van der Waals surface area contributed by atoms with Crippen molar-refractivity contribution >= 4 is 11.6 Å². The van der Waals surface area contributed by atoms with Gasteiger partial charge in [0.1, 0.15) is 0 Å². The standard InChI is InChI=1S/C15H20O2/c1-10-8-13(17)11(9-12(10)16)15(4)7-5-6-14(15,2)3/h8-9H,5-7H2,1-4H3. The average molecular weight is 232 g/mol. The Morgan fingerprint density at radius 3 is 2.18 bits per heavy atom. The van der Waals surface area contributed by atoms with Crippen LogP contribution in [-0.4, -0.2) is 11.6 Å². The van der Waals surface area contributed by atoms with Crippen LogP contribution in [0.15, 0.2) is 23.3 Å². The summed E-state index contributed by atoms with van der Waals surface area (Å²) in [7, 11) is 0. The van der Waals surface area contributed by atoms with E-state index in [2.05, 4.69) is 20.8 Å². The Morgan fingerprint density at radius 2 is 1.65 bits per heavy atom. The first-order valence-electron chi connectivity index (χ1n) is 6.27. The number of carbonyl (C=O) groups is 2. The van der Waals surface area contributed by atoms with E-state index in [9.17, 15) is 9.59 Å². The highest BCUT2D eigenvalue weighted by atomic mass is 16.1. The molecule has 0 aromatic heterocycles. The molecule has 0 aliphatic heterocycles. The molecule has 1 fully saturated rings. The van der Waals surface area contributed by atoms with Crippen LogP contribution >= 0.6 is 0 Å². The third-order valence-corrected chi connectivity index (χ3v) is 4.84. The van der Waals surface area contributed by atoms with Gasteiger partial charge in [-0.1, -0.05) is 27.2 Å². The molecule has 2 nitrogen and oxygen atoms in total. The fourth-order valence-corrected chi connectivity index (χ4v) is 3.09. The molecule has 0 saturated heterocycles. The molecular formula is C15H20O2. The third-order valence-electron chi connectivity index (χ3n) is 4.84. The van der Waals surface area contributed by atoms with Gasteiger partial charge in [-0.2, -0.15) is 0 Å². The molecule has 0 radical (unpaired) electrons. The van der Waals surface area contributed by atoms with Crippen LogP contribution in [0.3, 0.4) is 0 Å². The average Bonchev–Trinajstić information content (AvgIpc) is 2.48. The number of allylic oxidation sites excluding steroid dienone is 4. The molecule has 0 spiro atoms. The van der Waals surface area contributed by atoms with Crippen LogP contribution in [0.5, 0.6) is 0 Å². The molecule has 2 aliphatic carbocycles. The second kappa shape index (κ2) is 3.66. The van der Waals surface area contributed by atoms with Crippen molar-refractivity contribution in [3.8, 4) is 0 Å². The smallest absolute Gasteiger partial charge is 0.182 e. The maximum absolute atomic E-state index is 12.1. The topological polar surface area (TPSA) is 34.1 Å². The van der Waals surface area contributed by atoms with E-state index in [0.29, 0.717) is 5.57 Å². The van der Waals surface area contributed by atoms with Crippen molar-refractivity contribution in [2.45, 2.75) is 47.0 Å². The Morgan fingerprint density at radius 1 is 1.00 bits per heavy atom. The molecule has 0 heterocycles. The first-order chi connectivity index (χ1) is 7.78. The Labute approximate surface area is 103 Å². The van der Waals surface area contributed by atoms with Gasteiger partial charge in [-0.25, -0.2) is 0 Å². The molecular weight excluding hydrogens is 212 g/mol. The molecule has 1 unspecified atom stereocenters. The molecule has 0 bridgehead atoms. The monoisotopic (exact) mass is 232 g/mol. The SMILES string of the molecule is CC1=CC(=O)C(C2(C)CCCC2(C)C)=CC1=O. The summed E-state index contributed by atoms with van der Waals surface area (Å²) in [6.45, 7) is 8.23. The lowest BCUT2D eigenvalue weighted by molar-refractivity contribution is -0.116. The van der Waals surface area contributed by atoms with Crippen molar-refractivity contribution < 1.29 is 9.59 Å². The quantitative estimate of drug-likeness (QED) is 0.650. The number of ketones is 2. The number of hydrogen-bond acceptors (Lipinski definition) is 2. The van der Waals surface area contributed by atoms with Crippen molar-refractivity contribution in [3.63, 3.8) is 0 Å². The first-order valence-corrected chi connectivity index (χ1v) is 6.27. The van der Waals surface area contributed by atoms with Gasteiger partial charge in [0.05, 0.1) is 0 Å². The Hall–Kier alpha value is -1.18. The van der Waals surface area contributed by atoms with E-state index in [4.69, 9.17) is 0 Å². The van der Waals surface area contributed by atoms with Gasteiger partial charge in [-0.3, -0.25) is 9.59 Å². The fraction of sp³-hybridized carbons (Fsp3) is 0.600. The van der Waals surface area contributed by atoms with Crippen LogP contribution in [0.1, 0.15) is 47.0 Å². The maximum Gasteiger partial charge on any atom is 0.182 e. The highest BCUT2D eigenvalue weighted by Gasteiger charge is 2.49. The van der Waals surface area contributed by atoms with Gasteiger partial charge in [0, 0.05) is 16.6 Å². The summed E-state index contributed by atoms with van der Waals surface area (Å²) in [6, 6.07) is 0. The highest BCUT2D eigenvalue weighted by molar-refractivity contribution is 6.20. The van der Waals surface area contributed by atoms with Crippen molar-refractivity contribution in [2.75, 3.05) is 0 Å². The molecule has 17 heavy (non-hydrogen) atoms. The van der Waals surface area contributed by atoms with Gasteiger partial charge >= 0.3 is 0 Å². The van der Waals surface area contributed by atoms with Crippen molar-refractivity contribution in [2.24, 2.45) is 10.8 Å². The zero-order valence-corrected chi connectivity index (χ0v) is 11.1. The third kappa shape index (κ3) is 1.70. The molecule has 0 aromatic rings. The van der Waals surface area contributed by atoms with E-state index in [-0.39, 0.29) is 22.4 Å². The van der Waals surface area contributed by atoms with E-state index >= 15 is 0 Å². The molecule has 0 amide bonds. The van der Waals surface area contributed by atoms with Crippen LogP contribution in [0.4, 0.5) is 0 Å². The minimum Gasteiger partial charge on any atom is -0.290 e. The summed E-state index contributed by atoms with van der Waals surface area (Å²) in [6.07, 6.45) is 6.32. The second-order valence-corrected chi connectivity index (χ2v) is 6.18. The lowest BCUT2D eigenvalue weighted by Gasteiger charge is -2.40. The molecule has 0 aromatic carbocycles. The summed E-state index contributed by atoms with van der Waals surface area (Å²) in [5.74, 6) is 0.0168. The van der Waals surface area contributed by atoms with Gasteiger partial charge in [0.25, 0.3) is 0 Å². The fourth-order valence-electron chi connectivity index (χ4n) is 3.09. The summed E-state index contributed by atoms with van der Waals surface area (Å²) < 4.78 is 0. The van der Waals surface area contributed by atoms with Gasteiger partial charge in [-0.05, 0) is 37.3 Å². The molecule has 1 atom stereocenters. The van der Waals surface area contributed by atoms with Gasteiger partial charge in [0.15, 0.2) is 11.6 Å². The largest absolute Gasteiger partial charge is 0.290 e. The summed E-state index contributed by atoms with van der Waals surface area (Å²) in [5.41, 5.74) is 1.21. The van der Waals surface area contributed by atoms with Crippen molar-refractivity contribution in [1.82, 2.24) is 0 Å². The van der Waals surface area contributed by atoms with E-state index in [0.717, 1.165) is 24.8 Å².